The highest BCUT2D eigenvalue weighted by Gasteiger charge is 2.05. The number of nitrogens with two attached hydrogens (primary N) is 2. The van der Waals surface area contributed by atoms with Crippen LogP contribution in [0.1, 0.15) is 37.5 Å². The average molecular weight is 746 g/mol. The highest BCUT2D eigenvalue weighted by atomic mass is 35.5. The van der Waals surface area contributed by atoms with Gasteiger partial charge in [0, 0.05) is 59.8 Å². The lowest BCUT2D eigenvalue weighted by Gasteiger charge is -2.04. The molecule has 3 rings (SSSR count). The molecule has 13 nitrogen and oxygen atoms in total. The van der Waals surface area contributed by atoms with Gasteiger partial charge in [-0.1, -0.05) is 56.1 Å². The van der Waals surface area contributed by atoms with E-state index in [1.165, 1.54) is 24.3 Å². The third-order valence-corrected chi connectivity index (χ3v) is 6.54. The van der Waals surface area contributed by atoms with Crippen molar-refractivity contribution in [1.29, 1.82) is 0 Å². The maximum atomic E-state index is 11.2. The van der Waals surface area contributed by atoms with Crippen molar-refractivity contribution in [2.45, 2.75) is 40.0 Å². The molecule has 0 unspecified atom stereocenters. The molecule has 0 spiro atoms. The van der Waals surface area contributed by atoms with E-state index in [2.05, 4.69) is 30.4 Å². The van der Waals surface area contributed by atoms with E-state index in [0.717, 1.165) is 35.2 Å². The fourth-order valence-corrected chi connectivity index (χ4v) is 3.36. The van der Waals surface area contributed by atoms with E-state index in [9.17, 15) is 34.6 Å². The molecule has 0 atom stereocenters. The van der Waals surface area contributed by atoms with Gasteiger partial charge in [0.25, 0.3) is 11.4 Å². The van der Waals surface area contributed by atoms with Gasteiger partial charge in [-0.05, 0) is 87.0 Å². The maximum Gasteiger partial charge on any atom is 0.269 e. The van der Waals surface area contributed by atoms with Crippen LogP contribution in [0.2, 0.25) is 0 Å². The second kappa shape index (κ2) is 26.5. The lowest BCUT2D eigenvalue weighted by Crippen LogP contribution is -2.25. The Morgan fingerprint density at radius 1 is 0.647 bits per heavy atom. The quantitative estimate of drug-likeness (QED) is 0.0516. The van der Waals surface area contributed by atoms with Gasteiger partial charge in [-0.25, -0.2) is 0 Å². The first-order chi connectivity index (χ1) is 23.5. The van der Waals surface area contributed by atoms with Gasteiger partial charge >= 0.3 is 0 Å². The standard InChI is InChI=1S/C12H14N2O3.C12H16N2O.C8H10N2O2.C4H5ClO.ClH/c1-9(2)12(15)13-8-7-10-3-5-11(6-4-10)14(16)17;1-9(2)12(15)14-8-7-10-3-5-11(13)6-4-10;9-6-5-7-1-3-8(4-2-7)10(11)12;1-3(2)4(5)6;/h3-6H,1,7-8H2,2H3,(H,13,15);3-6H,1,7-8,13H2,2H3,(H,14,15);1-4H,5-6,9H2;1H2,2H3;1H. The molecule has 3 aromatic rings. The molecule has 0 fully saturated rings. The van der Waals surface area contributed by atoms with Crippen molar-refractivity contribution in [3.63, 3.8) is 0 Å². The molecule has 0 saturated carbocycles. The average Bonchev–Trinajstić information content (AvgIpc) is 3.07. The summed E-state index contributed by atoms with van der Waals surface area (Å²) < 4.78 is 0. The Labute approximate surface area is 309 Å². The molecule has 51 heavy (non-hydrogen) atoms. The molecule has 0 aliphatic carbocycles. The number of non-ortho nitro benzene ring substituents is 2. The molecule has 0 aromatic heterocycles. The summed E-state index contributed by atoms with van der Waals surface area (Å²) in [5.41, 5.74) is 16.3. The molecule has 3 aromatic carbocycles. The fourth-order valence-electron chi connectivity index (χ4n) is 3.36. The topological polar surface area (TPSA) is 214 Å². The first-order valence-electron chi connectivity index (χ1n) is 15.2. The number of nitrogens with one attached hydrogen (secondary N) is 2. The van der Waals surface area contributed by atoms with E-state index < -0.39 is 15.1 Å². The number of allylic oxidation sites excluding steroid dienone is 1. The lowest BCUT2D eigenvalue weighted by molar-refractivity contribution is -0.385. The van der Waals surface area contributed by atoms with E-state index in [0.29, 0.717) is 42.8 Å². The van der Waals surface area contributed by atoms with Crippen LogP contribution in [0.25, 0.3) is 0 Å². The van der Waals surface area contributed by atoms with Crippen LogP contribution in [0, 0.1) is 20.2 Å². The van der Waals surface area contributed by atoms with E-state index in [1.54, 1.807) is 45.0 Å². The Morgan fingerprint density at radius 2 is 0.941 bits per heavy atom. The fraction of sp³-hybridized carbons (Fsp3) is 0.250. The number of hydrogen-bond acceptors (Lipinski definition) is 9. The monoisotopic (exact) mass is 744 g/mol. The van der Waals surface area contributed by atoms with Gasteiger partial charge in [0.15, 0.2) is 0 Å². The van der Waals surface area contributed by atoms with Crippen molar-refractivity contribution in [1.82, 2.24) is 10.6 Å². The van der Waals surface area contributed by atoms with Gasteiger partial charge < -0.3 is 22.1 Å². The molecule has 6 N–H and O–H groups in total. The molecular formula is C36H46Cl2N6O7. The molecule has 0 aliphatic rings. The molecule has 0 heterocycles. The molecule has 0 saturated heterocycles. The molecule has 0 radical (unpaired) electrons. The summed E-state index contributed by atoms with van der Waals surface area (Å²) in [7, 11) is 0. The first kappa shape index (κ1) is 47.7. The summed E-state index contributed by atoms with van der Waals surface area (Å²) in [6.45, 7) is 16.9. The summed E-state index contributed by atoms with van der Waals surface area (Å²) in [6, 6.07) is 20.4. The summed E-state index contributed by atoms with van der Waals surface area (Å²) in [5, 5.41) is 25.7. The summed E-state index contributed by atoms with van der Waals surface area (Å²) >= 11 is 4.87. The van der Waals surface area contributed by atoms with Crippen LogP contribution in [-0.2, 0) is 33.6 Å². The number of carbonyl (C=O) groups excluding carboxylic acids is 3. The number of nitrogen functional groups attached to an aromatic ring is 1. The zero-order valence-electron chi connectivity index (χ0n) is 29.0. The van der Waals surface area contributed by atoms with Gasteiger partial charge in [-0.15, -0.1) is 12.4 Å². The largest absolute Gasteiger partial charge is 0.399 e. The second-order valence-corrected chi connectivity index (χ2v) is 11.1. The zero-order valence-corrected chi connectivity index (χ0v) is 30.6. The van der Waals surface area contributed by atoms with Gasteiger partial charge in [0.2, 0.25) is 17.1 Å². The van der Waals surface area contributed by atoms with Crippen LogP contribution in [0.15, 0.2) is 109 Å². The SMILES string of the molecule is C=C(C)C(=O)Cl.C=C(C)C(=O)NCCc1ccc(N)cc1.C=C(C)C(=O)NCCc1ccc([N+](=O)[O-])cc1.Cl.NCCc1ccc([N+](=O)[O-])cc1. The molecule has 276 valence electrons. The van der Waals surface area contributed by atoms with Crippen molar-refractivity contribution >= 4 is 58.1 Å². The minimum absolute atomic E-state index is 0. The van der Waals surface area contributed by atoms with Crippen LogP contribution in [0.3, 0.4) is 0 Å². The summed E-state index contributed by atoms with van der Waals surface area (Å²) in [6.07, 6.45) is 2.20. The highest BCUT2D eigenvalue weighted by Crippen LogP contribution is 2.13. The van der Waals surface area contributed by atoms with E-state index in [4.69, 9.17) is 23.1 Å². The lowest BCUT2D eigenvalue weighted by atomic mass is 10.1. The van der Waals surface area contributed by atoms with Crippen LogP contribution >= 0.6 is 24.0 Å². The number of benzene rings is 3. The number of amides is 2. The van der Waals surface area contributed by atoms with Crippen molar-refractivity contribution in [3.8, 4) is 0 Å². The Bertz CT molecular complexity index is 1600. The van der Waals surface area contributed by atoms with Crippen LogP contribution < -0.4 is 22.1 Å². The predicted octanol–water partition coefficient (Wildman–Crippen LogP) is 6.18. The summed E-state index contributed by atoms with van der Waals surface area (Å²) in [4.78, 5) is 52.0. The van der Waals surface area contributed by atoms with Crippen molar-refractivity contribution in [2.24, 2.45) is 5.73 Å². The molecular weight excluding hydrogens is 699 g/mol. The van der Waals surface area contributed by atoms with Gasteiger partial charge in [0.05, 0.1) is 9.85 Å². The molecule has 0 aliphatic heterocycles. The smallest absolute Gasteiger partial charge is 0.269 e. The number of halogens is 2. The van der Waals surface area contributed by atoms with E-state index >= 15 is 0 Å². The van der Waals surface area contributed by atoms with Crippen molar-refractivity contribution < 1.29 is 24.2 Å². The minimum atomic E-state index is -0.463. The Hall–Kier alpha value is -5.37. The van der Waals surface area contributed by atoms with E-state index in [-0.39, 0.29) is 35.6 Å². The number of anilines is 1. The number of hydrogen-bond donors (Lipinski definition) is 4. The Kier molecular flexibility index (Phi) is 24.8. The van der Waals surface area contributed by atoms with Crippen molar-refractivity contribution in [2.75, 3.05) is 25.4 Å². The number of nitrogens with zero attached hydrogens (tertiary/aromatic N) is 2. The maximum absolute atomic E-state index is 11.2. The van der Waals surface area contributed by atoms with Crippen LogP contribution in [0.4, 0.5) is 17.1 Å². The minimum Gasteiger partial charge on any atom is -0.399 e. The zero-order chi connectivity index (χ0) is 38.2. The molecule has 2 amide bonds. The van der Waals surface area contributed by atoms with E-state index in [1.807, 2.05) is 24.3 Å². The Morgan fingerprint density at radius 3 is 1.20 bits per heavy atom. The van der Waals surface area contributed by atoms with Gasteiger partial charge in [-0.3, -0.25) is 34.6 Å². The number of nitro benzene ring substituents is 2. The van der Waals surface area contributed by atoms with Crippen LogP contribution in [-0.4, -0.2) is 46.5 Å². The highest BCUT2D eigenvalue weighted by molar-refractivity contribution is 6.67. The first-order valence-corrected chi connectivity index (χ1v) is 15.6. The van der Waals surface area contributed by atoms with Gasteiger partial charge in [0.1, 0.15) is 0 Å². The third kappa shape index (κ3) is 22.8. The second-order valence-electron chi connectivity index (χ2n) is 10.8. The third-order valence-electron chi connectivity index (χ3n) is 6.22. The molecule has 0 bridgehead atoms. The number of carbonyl (C=O) groups is 3. The normalized spacial score (nSPS) is 9.27. The summed E-state index contributed by atoms with van der Waals surface area (Å²) in [5.74, 6) is -0.266. The Balaban J connectivity index is 0. The van der Waals surface area contributed by atoms with Gasteiger partial charge in [-0.2, -0.15) is 0 Å². The van der Waals surface area contributed by atoms with Crippen molar-refractivity contribution in [3.05, 3.63) is 146 Å². The molecule has 15 heteroatoms. The predicted molar refractivity (Wildman–Crippen MR) is 206 cm³/mol. The van der Waals surface area contributed by atoms with Crippen LogP contribution in [0.5, 0.6) is 0 Å². The number of nitro groups is 2. The number of rotatable bonds is 13.